The van der Waals surface area contributed by atoms with E-state index in [1.165, 1.54) is 20.3 Å². The SMILES string of the molecule is COc1cccc(-c2nnc(/C=C/C(=O)O)o2)c1OC. The number of carboxylic acid groups (broad SMARTS) is 1. The molecule has 0 fully saturated rings. The van der Waals surface area contributed by atoms with E-state index in [9.17, 15) is 4.79 Å². The van der Waals surface area contributed by atoms with Gasteiger partial charge in [-0.05, 0) is 12.1 Å². The summed E-state index contributed by atoms with van der Waals surface area (Å²) in [6.07, 6.45) is 2.13. The number of ether oxygens (including phenoxy) is 2. The molecule has 20 heavy (non-hydrogen) atoms. The molecule has 1 N–H and O–H groups in total. The van der Waals surface area contributed by atoms with E-state index < -0.39 is 5.97 Å². The largest absolute Gasteiger partial charge is 0.493 e. The molecule has 7 heteroatoms. The number of para-hydroxylation sites is 1. The number of aliphatic carboxylic acids is 1. The van der Waals surface area contributed by atoms with Crippen molar-refractivity contribution in [3.05, 3.63) is 30.2 Å². The Morgan fingerprint density at radius 1 is 1.30 bits per heavy atom. The van der Waals surface area contributed by atoms with Gasteiger partial charge in [0, 0.05) is 12.2 Å². The van der Waals surface area contributed by atoms with Crippen LogP contribution in [0.4, 0.5) is 0 Å². The zero-order valence-corrected chi connectivity index (χ0v) is 10.9. The first-order chi connectivity index (χ1) is 9.65. The van der Waals surface area contributed by atoms with Crippen LogP contribution in [0.2, 0.25) is 0 Å². The lowest BCUT2D eigenvalue weighted by molar-refractivity contribution is -0.131. The molecule has 0 unspecified atom stereocenters. The van der Waals surface area contributed by atoms with Crippen molar-refractivity contribution in [1.29, 1.82) is 0 Å². The molecule has 0 atom stereocenters. The lowest BCUT2D eigenvalue weighted by Gasteiger charge is -2.09. The van der Waals surface area contributed by atoms with E-state index in [-0.39, 0.29) is 11.8 Å². The molecule has 7 nitrogen and oxygen atoms in total. The molecule has 2 aromatic rings. The molecule has 0 bridgehead atoms. The number of rotatable bonds is 5. The first-order valence-electron chi connectivity index (χ1n) is 5.61. The van der Waals surface area contributed by atoms with Gasteiger partial charge in [0.1, 0.15) is 0 Å². The van der Waals surface area contributed by atoms with E-state index in [0.717, 1.165) is 6.08 Å². The Morgan fingerprint density at radius 2 is 2.10 bits per heavy atom. The fraction of sp³-hybridized carbons (Fsp3) is 0.154. The summed E-state index contributed by atoms with van der Waals surface area (Å²) < 4.78 is 15.8. The van der Waals surface area contributed by atoms with Gasteiger partial charge in [-0.25, -0.2) is 4.79 Å². The molecular formula is C13H12N2O5. The molecule has 104 valence electrons. The molecule has 0 spiro atoms. The Kier molecular flexibility index (Phi) is 3.99. The number of benzene rings is 1. The summed E-state index contributed by atoms with van der Waals surface area (Å²) >= 11 is 0. The number of carboxylic acids is 1. The van der Waals surface area contributed by atoms with E-state index in [1.807, 2.05) is 0 Å². The zero-order valence-electron chi connectivity index (χ0n) is 10.9. The molecule has 0 aliphatic carbocycles. The van der Waals surface area contributed by atoms with Crippen molar-refractivity contribution in [2.45, 2.75) is 0 Å². The van der Waals surface area contributed by atoms with E-state index in [1.54, 1.807) is 18.2 Å². The van der Waals surface area contributed by atoms with Crippen LogP contribution in [0.1, 0.15) is 5.89 Å². The third-order valence-corrected chi connectivity index (χ3v) is 2.44. The summed E-state index contributed by atoms with van der Waals surface area (Å²) in [6, 6.07) is 5.23. The Morgan fingerprint density at radius 3 is 2.75 bits per heavy atom. The van der Waals surface area contributed by atoms with Crippen molar-refractivity contribution in [2.24, 2.45) is 0 Å². The van der Waals surface area contributed by atoms with Crippen LogP contribution in [-0.4, -0.2) is 35.5 Å². The van der Waals surface area contributed by atoms with Gasteiger partial charge >= 0.3 is 5.97 Å². The zero-order chi connectivity index (χ0) is 14.5. The van der Waals surface area contributed by atoms with Crippen LogP contribution in [0, 0.1) is 0 Å². The maximum absolute atomic E-state index is 10.4. The van der Waals surface area contributed by atoms with E-state index >= 15 is 0 Å². The first-order valence-corrected chi connectivity index (χ1v) is 5.61. The van der Waals surface area contributed by atoms with Crippen LogP contribution < -0.4 is 9.47 Å². The normalized spacial score (nSPS) is 10.7. The second-order valence-corrected chi connectivity index (χ2v) is 3.66. The number of carbonyl (C=O) groups is 1. The molecule has 1 aromatic carbocycles. The third kappa shape index (κ3) is 2.77. The Balaban J connectivity index is 2.39. The summed E-state index contributed by atoms with van der Waals surface area (Å²) in [6.45, 7) is 0. The van der Waals surface area contributed by atoms with E-state index in [0.29, 0.717) is 17.1 Å². The van der Waals surface area contributed by atoms with Crippen LogP contribution in [0.5, 0.6) is 11.5 Å². The summed E-state index contributed by atoms with van der Waals surface area (Å²) in [5, 5.41) is 16.1. The van der Waals surface area contributed by atoms with Crippen molar-refractivity contribution in [3.8, 4) is 23.0 Å². The van der Waals surface area contributed by atoms with Gasteiger partial charge in [0.05, 0.1) is 19.8 Å². The molecule has 0 amide bonds. The van der Waals surface area contributed by atoms with Crippen LogP contribution in [0.3, 0.4) is 0 Å². The van der Waals surface area contributed by atoms with Gasteiger partial charge in [-0.2, -0.15) is 0 Å². The third-order valence-electron chi connectivity index (χ3n) is 2.44. The molecule has 0 saturated carbocycles. The standard InChI is InChI=1S/C13H12N2O5/c1-18-9-5-3-4-8(12(9)19-2)13-15-14-10(20-13)6-7-11(16)17/h3-7H,1-2H3,(H,16,17)/b7-6+. The maximum atomic E-state index is 10.4. The van der Waals surface area contributed by atoms with Crippen molar-refractivity contribution >= 4 is 12.0 Å². The smallest absolute Gasteiger partial charge is 0.328 e. The fourth-order valence-electron chi connectivity index (χ4n) is 1.61. The van der Waals surface area contributed by atoms with Gasteiger partial charge in [-0.1, -0.05) is 6.07 Å². The molecule has 1 aromatic heterocycles. The number of aromatic nitrogens is 2. The predicted octanol–water partition coefficient (Wildman–Crippen LogP) is 1.85. The predicted molar refractivity (Wildman–Crippen MR) is 69.5 cm³/mol. The lowest BCUT2D eigenvalue weighted by atomic mass is 10.2. The van der Waals surface area contributed by atoms with Crippen molar-refractivity contribution in [3.63, 3.8) is 0 Å². The second-order valence-electron chi connectivity index (χ2n) is 3.66. The molecule has 0 aliphatic heterocycles. The second kappa shape index (κ2) is 5.87. The average molecular weight is 276 g/mol. The van der Waals surface area contributed by atoms with Gasteiger partial charge in [0.25, 0.3) is 5.89 Å². The number of hydrogen-bond donors (Lipinski definition) is 1. The molecule has 1 heterocycles. The maximum Gasteiger partial charge on any atom is 0.328 e. The van der Waals surface area contributed by atoms with Crippen LogP contribution in [-0.2, 0) is 4.79 Å². The number of methoxy groups -OCH3 is 2. The van der Waals surface area contributed by atoms with Gasteiger partial charge in [-0.15, -0.1) is 10.2 Å². The topological polar surface area (TPSA) is 94.7 Å². The average Bonchev–Trinajstić information content (AvgIpc) is 2.92. The van der Waals surface area contributed by atoms with Gasteiger partial charge in [0.2, 0.25) is 5.89 Å². The first kappa shape index (κ1) is 13.6. The molecule has 0 aliphatic rings. The minimum atomic E-state index is -1.09. The van der Waals surface area contributed by atoms with E-state index in [2.05, 4.69) is 10.2 Å². The molecule has 0 saturated heterocycles. The molecule has 0 radical (unpaired) electrons. The Hall–Kier alpha value is -2.83. The quantitative estimate of drug-likeness (QED) is 0.832. The molecule has 2 rings (SSSR count). The lowest BCUT2D eigenvalue weighted by Crippen LogP contribution is -1.93. The van der Waals surface area contributed by atoms with Crippen LogP contribution in [0.15, 0.2) is 28.7 Å². The summed E-state index contributed by atoms with van der Waals surface area (Å²) in [5.74, 6) is 0.208. The summed E-state index contributed by atoms with van der Waals surface area (Å²) in [7, 11) is 3.03. The van der Waals surface area contributed by atoms with Gasteiger partial charge in [-0.3, -0.25) is 0 Å². The minimum absolute atomic E-state index is 0.0901. The summed E-state index contributed by atoms with van der Waals surface area (Å²) in [4.78, 5) is 10.4. The van der Waals surface area contributed by atoms with E-state index in [4.69, 9.17) is 19.0 Å². The van der Waals surface area contributed by atoms with Crippen molar-refractivity contribution in [2.75, 3.05) is 14.2 Å². The highest BCUT2D eigenvalue weighted by molar-refractivity contribution is 5.84. The highest BCUT2D eigenvalue weighted by Crippen LogP contribution is 2.37. The summed E-state index contributed by atoms with van der Waals surface area (Å²) in [5.41, 5.74) is 0.564. The highest BCUT2D eigenvalue weighted by atomic mass is 16.5. The fourth-order valence-corrected chi connectivity index (χ4v) is 1.61. The Bertz CT molecular complexity index is 648. The van der Waals surface area contributed by atoms with Crippen LogP contribution in [0.25, 0.3) is 17.5 Å². The minimum Gasteiger partial charge on any atom is -0.493 e. The van der Waals surface area contributed by atoms with Crippen LogP contribution >= 0.6 is 0 Å². The Labute approximate surface area is 114 Å². The number of hydrogen-bond acceptors (Lipinski definition) is 6. The van der Waals surface area contributed by atoms with Crippen molar-refractivity contribution < 1.29 is 23.8 Å². The van der Waals surface area contributed by atoms with Crippen molar-refractivity contribution in [1.82, 2.24) is 10.2 Å². The highest BCUT2D eigenvalue weighted by Gasteiger charge is 2.16. The van der Waals surface area contributed by atoms with Gasteiger partial charge in [0.15, 0.2) is 11.5 Å². The monoisotopic (exact) mass is 276 g/mol. The molecular weight excluding hydrogens is 264 g/mol. The number of nitrogens with zero attached hydrogens (tertiary/aromatic N) is 2. The van der Waals surface area contributed by atoms with Gasteiger partial charge < -0.3 is 19.0 Å².